The summed E-state index contributed by atoms with van der Waals surface area (Å²) in [7, 11) is 0. The quantitative estimate of drug-likeness (QED) is 0.651. The van der Waals surface area contributed by atoms with Gasteiger partial charge in [0.15, 0.2) is 0 Å². The maximum atomic E-state index is 11.9. The first-order valence-electron chi connectivity index (χ1n) is 6.26. The van der Waals surface area contributed by atoms with E-state index in [-0.39, 0.29) is 11.5 Å². The molecule has 96 valence electrons. The molecule has 17 heavy (non-hydrogen) atoms. The lowest BCUT2D eigenvalue weighted by atomic mass is 9.91. The molecule has 1 unspecified atom stereocenters. The number of ether oxygens (including phenoxy) is 1. The minimum atomic E-state index is -0.471. The second-order valence-electron chi connectivity index (χ2n) is 6.34. The Balaban J connectivity index is 2.00. The Morgan fingerprint density at radius 1 is 1.47 bits per heavy atom. The second kappa shape index (κ2) is 3.72. The molecule has 1 aliphatic carbocycles. The molecule has 1 amide bonds. The van der Waals surface area contributed by atoms with E-state index in [9.17, 15) is 9.59 Å². The zero-order valence-corrected chi connectivity index (χ0v) is 11.1. The van der Waals surface area contributed by atoms with Gasteiger partial charge in [-0.25, -0.2) is 4.79 Å². The van der Waals surface area contributed by atoms with Crippen LogP contribution in [0.4, 0.5) is 4.79 Å². The van der Waals surface area contributed by atoms with Gasteiger partial charge in [-0.3, -0.25) is 4.79 Å². The molecule has 1 aliphatic heterocycles. The number of ketones is 1. The van der Waals surface area contributed by atoms with E-state index in [2.05, 4.69) is 6.92 Å². The van der Waals surface area contributed by atoms with Crippen LogP contribution in [0.2, 0.25) is 0 Å². The van der Waals surface area contributed by atoms with E-state index in [1.165, 1.54) is 0 Å². The molecule has 4 nitrogen and oxygen atoms in total. The minimum Gasteiger partial charge on any atom is -0.444 e. The normalized spacial score (nSPS) is 32.8. The van der Waals surface area contributed by atoms with Gasteiger partial charge in [0.05, 0.1) is 0 Å². The fourth-order valence-electron chi connectivity index (χ4n) is 2.57. The summed E-state index contributed by atoms with van der Waals surface area (Å²) in [5.41, 5.74) is -0.712. The van der Waals surface area contributed by atoms with Gasteiger partial charge in [0.2, 0.25) is 0 Å². The molecular weight excluding hydrogens is 218 g/mol. The third-order valence-electron chi connectivity index (χ3n) is 3.74. The van der Waals surface area contributed by atoms with Crippen molar-refractivity contribution >= 4 is 11.9 Å². The monoisotopic (exact) mass is 239 g/mol. The van der Waals surface area contributed by atoms with Gasteiger partial charge in [-0.1, -0.05) is 6.92 Å². The van der Waals surface area contributed by atoms with Crippen LogP contribution in [0, 0.1) is 11.3 Å². The largest absolute Gasteiger partial charge is 0.444 e. The van der Waals surface area contributed by atoms with Crippen LogP contribution in [0.5, 0.6) is 0 Å². The van der Waals surface area contributed by atoms with Crippen molar-refractivity contribution < 1.29 is 14.3 Å². The van der Waals surface area contributed by atoms with Crippen molar-refractivity contribution in [3.63, 3.8) is 0 Å². The number of likely N-dealkylation sites (tertiary alicyclic amines) is 1. The number of rotatable bonds is 0. The van der Waals surface area contributed by atoms with E-state index in [0.717, 1.165) is 6.42 Å². The summed E-state index contributed by atoms with van der Waals surface area (Å²) in [6, 6.07) is 0. The molecule has 0 bridgehead atoms. The van der Waals surface area contributed by atoms with E-state index in [1.807, 2.05) is 20.8 Å². The number of carbonyl (C=O) groups excluding carboxylic acids is 2. The van der Waals surface area contributed by atoms with Crippen LogP contribution in [-0.2, 0) is 9.53 Å². The molecule has 2 atom stereocenters. The number of Topliss-reactive ketones (excluding diaryl/α,β-unsaturated/α-hetero) is 1. The smallest absolute Gasteiger partial charge is 0.410 e. The van der Waals surface area contributed by atoms with E-state index in [1.54, 1.807) is 4.90 Å². The molecule has 0 aromatic heterocycles. The van der Waals surface area contributed by atoms with Crippen LogP contribution in [0.15, 0.2) is 0 Å². The zero-order chi connectivity index (χ0) is 12.8. The fraction of sp³-hybridized carbons (Fsp3) is 0.846. The molecular formula is C13H21NO3. The summed E-state index contributed by atoms with van der Waals surface area (Å²) >= 11 is 0. The number of carbonyl (C=O) groups is 2. The molecule has 1 saturated carbocycles. The molecule has 4 heteroatoms. The summed E-state index contributed by atoms with van der Waals surface area (Å²) in [5, 5.41) is 0. The Labute approximate surface area is 102 Å². The molecule has 1 spiro atoms. The maximum absolute atomic E-state index is 11.9. The zero-order valence-electron chi connectivity index (χ0n) is 11.1. The summed E-state index contributed by atoms with van der Waals surface area (Å²) in [6.45, 7) is 8.70. The van der Waals surface area contributed by atoms with Gasteiger partial charge in [-0.05, 0) is 33.1 Å². The predicted octanol–water partition coefficient (Wildman–Crippen LogP) is 2.22. The Morgan fingerprint density at radius 3 is 2.53 bits per heavy atom. The van der Waals surface area contributed by atoms with Crippen LogP contribution in [-0.4, -0.2) is 35.5 Å². The molecule has 0 aromatic carbocycles. The fourth-order valence-corrected chi connectivity index (χ4v) is 2.57. The van der Waals surface area contributed by atoms with Gasteiger partial charge in [0, 0.05) is 24.9 Å². The number of amides is 1. The van der Waals surface area contributed by atoms with Crippen molar-refractivity contribution in [2.75, 3.05) is 13.1 Å². The lowest BCUT2D eigenvalue weighted by molar-refractivity contribution is -0.128. The number of hydrogen-bond acceptors (Lipinski definition) is 3. The first-order chi connectivity index (χ1) is 7.74. The number of nitrogens with zero attached hydrogens (tertiary/aromatic N) is 1. The van der Waals surface area contributed by atoms with Crippen LogP contribution in [0.1, 0.15) is 40.5 Å². The minimum absolute atomic E-state index is 0.241. The molecule has 2 fully saturated rings. The highest BCUT2D eigenvalue weighted by molar-refractivity contribution is 5.90. The average molecular weight is 239 g/mol. The van der Waals surface area contributed by atoms with Gasteiger partial charge >= 0.3 is 6.09 Å². The molecule has 0 aromatic rings. The van der Waals surface area contributed by atoms with Crippen LogP contribution in [0.3, 0.4) is 0 Å². The number of hydrogen-bond donors (Lipinski definition) is 0. The van der Waals surface area contributed by atoms with Crippen molar-refractivity contribution in [1.82, 2.24) is 4.90 Å². The summed E-state index contributed by atoms with van der Waals surface area (Å²) in [6.07, 6.45) is 1.11. The summed E-state index contributed by atoms with van der Waals surface area (Å²) in [4.78, 5) is 25.5. The van der Waals surface area contributed by atoms with Crippen molar-refractivity contribution in [2.24, 2.45) is 11.3 Å². The van der Waals surface area contributed by atoms with E-state index in [0.29, 0.717) is 31.2 Å². The van der Waals surface area contributed by atoms with Gasteiger partial charge in [0.1, 0.15) is 11.4 Å². The highest BCUT2D eigenvalue weighted by Crippen LogP contribution is 2.55. The SMILES string of the molecule is C[C@@H]1CC12CN(C(=O)OC(C)(C)C)CCC2=O. The van der Waals surface area contributed by atoms with E-state index >= 15 is 0 Å². The van der Waals surface area contributed by atoms with Crippen molar-refractivity contribution in [3.8, 4) is 0 Å². The Kier molecular flexibility index (Phi) is 2.71. The van der Waals surface area contributed by atoms with Gasteiger partial charge in [0.25, 0.3) is 0 Å². The maximum Gasteiger partial charge on any atom is 0.410 e. The van der Waals surface area contributed by atoms with Gasteiger partial charge in [-0.15, -0.1) is 0 Å². The van der Waals surface area contributed by atoms with Crippen LogP contribution < -0.4 is 0 Å². The van der Waals surface area contributed by atoms with Gasteiger partial charge < -0.3 is 9.64 Å². The molecule has 0 radical (unpaired) electrons. The summed E-state index contributed by atoms with van der Waals surface area (Å²) in [5.74, 6) is 0.741. The topological polar surface area (TPSA) is 46.6 Å². The third kappa shape index (κ3) is 2.31. The van der Waals surface area contributed by atoms with Crippen molar-refractivity contribution in [3.05, 3.63) is 0 Å². The third-order valence-corrected chi connectivity index (χ3v) is 3.74. The first-order valence-corrected chi connectivity index (χ1v) is 6.26. The molecule has 2 rings (SSSR count). The number of piperidine rings is 1. The molecule has 1 heterocycles. The first kappa shape index (κ1) is 12.4. The Morgan fingerprint density at radius 2 is 2.06 bits per heavy atom. The summed E-state index contributed by atoms with van der Waals surface area (Å²) < 4.78 is 5.34. The predicted molar refractivity (Wildman–Crippen MR) is 63.6 cm³/mol. The highest BCUT2D eigenvalue weighted by Gasteiger charge is 2.59. The second-order valence-corrected chi connectivity index (χ2v) is 6.34. The molecule has 1 saturated heterocycles. The van der Waals surface area contributed by atoms with Crippen LogP contribution in [0.25, 0.3) is 0 Å². The highest BCUT2D eigenvalue weighted by atomic mass is 16.6. The Hall–Kier alpha value is -1.06. The van der Waals surface area contributed by atoms with Gasteiger partial charge in [-0.2, -0.15) is 0 Å². The van der Waals surface area contributed by atoms with Crippen molar-refractivity contribution in [1.29, 1.82) is 0 Å². The molecule has 0 N–H and O–H groups in total. The lowest BCUT2D eigenvalue weighted by Crippen LogP contribution is -2.47. The van der Waals surface area contributed by atoms with Crippen molar-refractivity contribution in [2.45, 2.75) is 46.1 Å². The van der Waals surface area contributed by atoms with E-state index < -0.39 is 5.60 Å². The van der Waals surface area contributed by atoms with Crippen LogP contribution >= 0.6 is 0 Å². The molecule has 2 aliphatic rings. The average Bonchev–Trinajstić information content (AvgIpc) is 2.80. The lowest BCUT2D eigenvalue weighted by Gasteiger charge is -2.34. The Bertz CT molecular complexity index is 358. The standard InChI is InChI=1S/C13H21NO3/c1-9-7-13(9)8-14(6-5-10(13)15)11(16)17-12(2,3)4/h9H,5-8H2,1-4H3/t9-,13?/m1/s1. The van der Waals surface area contributed by atoms with E-state index in [4.69, 9.17) is 4.74 Å².